The Hall–Kier alpha value is -1.26. The van der Waals surface area contributed by atoms with Gasteiger partial charge in [-0.25, -0.2) is 4.79 Å². The second-order valence-electron chi connectivity index (χ2n) is 5.73. The predicted molar refractivity (Wildman–Crippen MR) is 64.8 cm³/mol. The van der Waals surface area contributed by atoms with Crippen LogP contribution in [0.4, 0.5) is 4.79 Å². The molecule has 0 aromatic carbocycles. The Morgan fingerprint density at radius 3 is 2.56 bits per heavy atom. The van der Waals surface area contributed by atoms with Gasteiger partial charge in [-0.15, -0.1) is 0 Å². The average molecular weight is 256 g/mol. The van der Waals surface area contributed by atoms with Gasteiger partial charge in [0.1, 0.15) is 5.60 Å². The molecule has 1 aliphatic rings. The third-order valence-electron chi connectivity index (χ3n) is 2.94. The van der Waals surface area contributed by atoms with E-state index in [1.54, 1.807) is 4.90 Å². The number of hydrogen-bond acceptors (Lipinski definition) is 4. The minimum atomic E-state index is -1.07. The van der Waals surface area contributed by atoms with E-state index in [1.807, 2.05) is 20.8 Å². The van der Waals surface area contributed by atoms with Crippen molar-refractivity contribution < 1.29 is 19.4 Å². The summed E-state index contributed by atoms with van der Waals surface area (Å²) in [5.41, 5.74) is -0.520. The van der Waals surface area contributed by atoms with Crippen LogP contribution in [0.1, 0.15) is 52.9 Å². The number of likely N-dealkylation sites (tertiary alicyclic amines) is 1. The van der Waals surface area contributed by atoms with Gasteiger partial charge in [0.15, 0.2) is 0 Å². The first-order valence-corrected chi connectivity index (χ1v) is 6.49. The van der Waals surface area contributed by atoms with Crippen molar-refractivity contribution in [3.8, 4) is 0 Å². The molecule has 0 spiro atoms. The summed E-state index contributed by atoms with van der Waals surface area (Å²) in [7, 11) is 0. The van der Waals surface area contributed by atoms with E-state index < -0.39 is 11.6 Å². The Morgan fingerprint density at radius 2 is 2.00 bits per heavy atom. The topological polar surface area (TPSA) is 69.7 Å². The van der Waals surface area contributed by atoms with E-state index in [9.17, 15) is 14.7 Å². The normalized spacial score (nSPS) is 20.6. The number of carbonyl (C=O) groups excluding carboxylic acids is 2. The highest BCUT2D eigenvalue weighted by molar-refractivity contribution is 5.69. The summed E-state index contributed by atoms with van der Waals surface area (Å²) in [6.07, 6.45) is 2.90. The van der Waals surface area contributed by atoms with Crippen molar-refractivity contribution in [1.29, 1.82) is 0 Å². The summed E-state index contributed by atoms with van der Waals surface area (Å²) in [6.45, 7) is 6.12. The van der Waals surface area contributed by atoms with Gasteiger partial charge in [0, 0.05) is 18.6 Å². The molecule has 0 bridgehead atoms. The molecule has 0 radical (unpaired) electrons. The molecule has 0 unspecified atom stereocenters. The number of carbonyl (C=O) groups is 2. The van der Waals surface area contributed by atoms with E-state index >= 15 is 0 Å². The van der Waals surface area contributed by atoms with Crippen LogP contribution in [0.2, 0.25) is 0 Å². The molecule has 1 atom stereocenters. The fourth-order valence-electron chi connectivity index (χ4n) is 2.15. The maximum atomic E-state index is 12.0. The predicted octanol–water partition coefficient (Wildman–Crippen LogP) is 1.31. The molecule has 1 saturated heterocycles. The lowest BCUT2D eigenvalue weighted by Gasteiger charge is -2.36. The Labute approximate surface area is 108 Å². The molecule has 1 amide bonds. The smallest absolute Gasteiger partial charge is 0.410 e. The second kappa shape index (κ2) is 6.07. The molecule has 0 aromatic heterocycles. The zero-order chi connectivity index (χ0) is 13.8. The first-order chi connectivity index (χ1) is 8.29. The summed E-state index contributed by atoms with van der Waals surface area (Å²) in [4.78, 5) is 24.2. The molecule has 1 heterocycles. The summed E-state index contributed by atoms with van der Waals surface area (Å²) in [5, 5.41) is 10.5. The number of amides is 1. The van der Waals surface area contributed by atoms with Crippen LogP contribution in [0.25, 0.3) is 0 Å². The maximum absolute atomic E-state index is 12.0. The van der Waals surface area contributed by atoms with Crippen LogP contribution in [0.15, 0.2) is 0 Å². The number of hydrogen-bond donors (Lipinski definition) is 0. The molecule has 0 saturated carbocycles. The van der Waals surface area contributed by atoms with E-state index in [2.05, 4.69) is 0 Å². The first-order valence-electron chi connectivity index (χ1n) is 6.49. The van der Waals surface area contributed by atoms with E-state index in [-0.39, 0.29) is 18.6 Å². The second-order valence-corrected chi connectivity index (χ2v) is 5.73. The highest BCUT2D eigenvalue weighted by atomic mass is 16.6. The molecule has 104 valence electrons. The highest BCUT2D eigenvalue weighted by Crippen LogP contribution is 2.23. The summed E-state index contributed by atoms with van der Waals surface area (Å²) < 4.78 is 5.34. The molecule has 1 rings (SSSR count). The van der Waals surface area contributed by atoms with Crippen LogP contribution in [0, 0.1) is 0 Å². The molecule has 0 aromatic rings. The Balaban J connectivity index is 2.58. The third-order valence-corrected chi connectivity index (χ3v) is 2.94. The molecular formula is C13H22NO4-. The van der Waals surface area contributed by atoms with Crippen molar-refractivity contribution in [3.63, 3.8) is 0 Å². The van der Waals surface area contributed by atoms with Gasteiger partial charge in [-0.3, -0.25) is 0 Å². The van der Waals surface area contributed by atoms with Gasteiger partial charge in [-0.05, 0) is 52.9 Å². The van der Waals surface area contributed by atoms with Gasteiger partial charge in [0.05, 0.1) is 0 Å². The number of carboxylic acid groups (broad SMARTS) is 1. The standard InChI is InChI=1S/C13H23NO4/c1-13(2,3)18-12(17)14-9-5-4-6-10(14)7-8-11(15)16/h10H,4-9H2,1-3H3,(H,15,16)/p-1/t10-/m0/s1. The monoisotopic (exact) mass is 256 g/mol. The highest BCUT2D eigenvalue weighted by Gasteiger charge is 2.29. The zero-order valence-electron chi connectivity index (χ0n) is 11.4. The van der Waals surface area contributed by atoms with Gasteiger partial charge in [-0.1, -0.05) is 0 Å². The van der Waals surface area contributed by atoms with Crippen molar-refractivity contribution in [2.24, 2.45) is 0 Å². The van der Waals surface area contributed by atoms with Gasteiger partial charge in [-0.2, -0.15) is 0 Å². The number of carboxylic acids is 1. The molecule has 0 aliphatic carbocycles. The van der Waals surface area contributed by atoms with E-state index in [1.165, 1.54) is 0 Å². The first kappa shape index (κ1) is 14.8. The molecular weight excluding hydrogens is 234 g/mol. The van der Waals surface area contributed by atoms with Gasteiger partial charge < -0.3 is 19.5 Å². The van der Waals surface area contributed by atoms with Gasteiger partial charge >= 0.3 is 6.09 Å². The molecule has 18 heavy (non-hydrogen) atoms. The van der Waals surface area contributed by atoms with Crippen LogP contribution >= 0.6 is 0 Å². The molecule has 1 aliphatic heterocycles. The number of aliphatic carboxylic acids is 1. The van der Waals surface area contributed by atoms with E-state index in [0.717, 1.165) is 19.3 Å². The van der Waals surface area contributed by atoms with Crippen LogP contribution in [0.3, 0.4) is 0 Å². The van der Waals surface area contributed by atoms with Gasteiger partial charge in [0.25, 0.3) is 0 Å². The average Bonchev–Trinajstić information content (AvgIpc) is 2.24. The number of ether oxygens (including phenoxy) is 1. The fraction of sp³-hybridized carbons (Fsp3) is 0.846. The fourth-order valence-corrected chi connectivity index (χ4v) is 2.15. The molecule has 0 N–H and O–H groups in total. The lowest BCUT2D eigenvalue weighted by molar-refractivity contribution is -0.306. The summed E-state index contributed by atoms with van der Waals surface area (Å²) in [6, 6.07) is -0.0356. The van der Waals surface area contributed by atoms with Crippen LogP contribution in [-0.4, -0.2) is 35.2 Å². The van der Waals surface area contributed by atoms with Crippen molar-refractivity contribution in [1.82, 2.24) is 4.90 Å². The maximum Gasteiger partial charge on any atom is 0.410 e. The largest absolute Gasteiger partial charge is 0.550 e. The minimum absolute atomic E-state index is 0.00996. The Bertz CT molecular complexity index is 309. The molecule has 5 nitrogen and oxygen atoms in total. The third kappa shape index (κ3) is 4.94. The zero-order valence-corrected chi connectivity index (χ0v) is 11.4. The molecule has 5 heteroatoms. The minimum Gasteiger partial charge on any atom is -0.550 e. The van der Waals surface area contributed by atoms with Crippen LogP contribution < -0.4 is 5.11 Å². The summed E-state index contributed by atoms with van der Waals surface area (Å²) in [5.74, 6) is -1.07. The Morgan fingerprint density at radius 1 is 1.33 bits per heavy atom. The van der Waals surface area contributed by atoms with Crippen LogP contribution in [-0.2, 0) is 9.53 Å². The molecule has 1 fully saturated rings. The van der Waals surface area contributed by atoms with E-state index in [0.29, 0.717) is 13.0 Å². The van der Waals surface area contributed by atoms with Crippen molar-refractivity contribution in [2.75, 3.05) is 6.54 Å². The van der Waals surface area contributed by atoms with Crippen molar-refractivity contribution in [2.45, 2.75) is 64.5 Å². The Kier molecular flexibility index (Phi) is 4.99. The number of nitrogens with zero attached hydrogens (tertiary/aromatic N) is 1. The lowest BCUT2D eigenvalue weighted by atomic mass is 9.98. The van der Waals surface area contributed by atoms with Crippen molar-refractivity contribution in [3.05, 3.63) is 0 Å². The van der Waals surface area contributed by atoms with Crippen LogP contribution in [0.5, 0.6) is 0 Å². The SMILES string of the molecule is CC(C)(C)OC(=O)N1CCCC[C@H]1CCC(=O)[O-]. The summed E-state index contributed by atoms with van der Waals surface area (Å²) >= 11 is 0. The quantitative estimate of drug-likeness (QED) is 0.763. The van der Waals surface area contributed by atoms with Gasteiger partial charge in [0.2, 0.25) is 0 Å². The lowest BCUT2D eigenvalue weighted by Crippen LogP contribution is -2.46. The number of piperidine rings is 1. The van der Waals surface area contributed by atoms with E-state index in [4.69, 9.17) is 4.74 Å². The number of rotatable bonds is 3. The van der Waals surface area contributed by atoms with Crippen molar-refractivity contribution >= 4 is 12.1 Å².